The number of hydrogen-bond donors (Lipinski definition) is 1. The fourth-order valence-electron chi connectivity index (χ4n) is 3.37. The minimum absolute atomic E-state index is 0.116. The van der Waals surface area contributed by atoms with E-state index in [0.717, 1.165) is 17.7 Å². The second-order valence-corrected chi connectivity index (χ2v) is 7.53. The molecule has 0 saturated heterocycles. The molecule has 0 radical (unpaired) electrons. The highest BCUT2D eigenvalue weighted by atomic mass is 16.5. The standard InChI is InChI=1S/C22H25N5O2/c1-16(21-25-20(26-29-21)19-11-6-12-23-13-19)24-22(28)27(15-18-9-5-10-18)14-17-7-3-2-4-8-17/h2-4,6-8,11-13,16,18H,5,9-10,14-15H2,1H3,(H,24,28)/t16-/m0/s1. The Labute approximate surface area is 170 Å². The van der Waals surface area contributed by atoms with E-state index < -0.39 is 0 Å². The minimum atomic E-state index is -0.389. The van der Waals surface area contributed by atoms with E-state index in [1.807, 2.05) is 54.3 Å². The maximum Gasteiger partial charge on any atom is 0.318 e. The fraction of sp³-hybridized carbons (Fsp3) is 0.364. The third-order valence-corrected chi connectivity index (χ3v) is 5.28. The molecule has 29 heavy (non-hydrogen) atoms. The van der Waals surface area contributed by atoms with Gasteiger partial charge in [-0.3, -0.25) is 4.98 Å². The fourth-order valence-corrected chi connectivity index (χ4v) is 3.37. The quantitative estimate of drug-likeness (QED) is 0.652. The minimum Gasteiger partial charge on any atom is -0.337 e. The van der Waals surface area contributed by atoms with Gasteiger partial charge in [-0.25, -0.2) is 4.79 Å². The number of pyridine rings is 1. The van der Waals surface area contributed by atoms with E-state index in [2.05, 4.69) is 20.4 Å². The van der Waals surface area contributed by atoms with Gasteiger partial charge in [0.2, 0.25) is 11.7 Å². The molecule has 1 saturated carbocycles. The molecule has 1 aromatic carbocycles. The van der Waals surface area contributed by atoms with Crippen LogP contribution in [0, 0.1) is 5.92 Å². The molecule has 0 aliphatic heterocycles. The molecule has 2 heterocycles. The van der Waals surface area contributed by atoms with Crippen molar-refractivity contribution in [2.24, 2.45) is 5.92 Å². The molecule has 2 aromatic heterocycles. The summed E-state index contributed by atoms with van der Waals surface area (Å²) in [5, 5.41) is 7.02. The molecule has 7 nitrogen and oxygen atoms in total. The highest BCUT2D eigenvalue weighted by Crippen LogP contribution is 2.28. The van der Waals surface area contributed by atoms with Gasteiger partial charge in [0.05, 0.1) is 0 Å². The van der Waals surface area contributed by atoms with E-state index in [1.54, 1.807) is 12.4 Å². The monoisotopic (exact) mass is 391 g/mol. The molecule has 1 aliphatic rings. The summed E-state index contributed by atoms with van der Waals surface area (Å²) in [6.45, 7) is 3.20. The zero-order valence-corrected chi connectivity index (χ0v) is 16.5. The first-order valence-corrected chi connectivity index (χ1v) is 10.0. The maximum absolute atomic E-state index is 13.0. The summed E-state index contributed by atoms with van der Waals surface area (Å²) >= 11 is 0. The Morgan fingerprint density at radius 2 is 2.07 bits per heavy atom. The van der Waals surface area contributed by atoms with Crippen molar-refractivity contribution < 1.29 is 9.32 Å². The Balaban J connectivity index is 1.42. The van der Waals surface area contributed by atoms with Crippen molar-refractivity contribution >= 4 is 6.03 Å². The van der Waals surface area contributed by atoms with Crippen molar-refractivity contribution in [3.63, 3.8) is 0 Å². The number of benzene rings is 1. The average molecular weight is 391 g/mol. The first-order valence-electron chi connectivity index (χ1n) is 10.0. The molecule has 1 N–H and O–H groups in total. The number of carbonyl (C=O) groups is 1. The second-order valence-electron chi connectivity index (χ2n) is 7.53. The topological polar surface area (TPSA) is 84.2 Å². The summed E-state index contributed by atoms with van der Waals surface area (Å²) in [6, 6.07) is 13.2. The van der Waals surface area contributed by atoms with Gasteiger partial charge in [0.25, 0.3) is 0 Å². The predicted octanol–water partition coefficient (Wildman–Crippen LogP) is 4.20. The summed E-state index contributed by atoms with van der Waals surface area (Å²) < 4.78 is 5.37. The maximum atomic E-state index is 13.0. The van der Waals surface area contributed by atoms with Crippen molar-refractivity contribution in [3.05, 3.63) is 66.3 Å². The summed E-state index contributed by atoms with van der Waals surface area (Å²) in [7, 11) is 0. The Morgan fingerprint density at radius 1 is 1.24 bits per heavy atom. The van der Waals surface area contributed by atoms with Crippen LogP contribution in [0.2, 0.25) is 0 Å². The molecule has 1 aliphatic carbocycles. The number of urea groups is 1. The molecule has 0 spiro atoms. The highest BCUT2D eigenvalue weighted by Gasteiger charge is 2.26. The van der Waals surface area contributed by atoms with E-state index >= 15 is 0 Å². The van der Waals surface area contributed by atoms with Crippen LogP contribution in [0.5, 0.6) is 0 Å². The number of hydrogen-bond acceptors (Lipinski definition) is 5. The summed E-state index contributed by atoms with van der Waals surface area (Å²) in [4.78, 5) is 23.4. The lowest BCUT2D eigenvalue weighted by Crippen LogP contribution is -2.44. The largest absolute Gasteiger partial charge is 0.337 e. The summed E-state index contributed by atoms with van der Waals surface area (Å²) in [6.07, 6.45) is 6.99. The lowest BCUT2D eigenvalue weighted by atomic mass is 9.85. The molecule has 0 unspecified atom stereocenters. The van der Waals surface area contributed by atoms with Crippen LogP contribution in [-0.2, 0) is 6.54 Å². The van der Waals surface area contributed by atoms with Gasteiger partial charge in [-0.05, 0) is 43.4 Å². The Hall–Kier alpha value is -3.22. The van der Waals surface area contributed by atoms with Gasteiger partial charge in [0, 0.05) is 31.0 Å². The molecule has 0 bridgehead atoms. The van der Waals surface area contributed by atoms with Crippen molar-refractivity contribution in [3.8, 4) is 11.4 Å². The molecular formula is C22H25N5O2. The normalized spacial score (nSPS) is 14.8. The van der Waals surface area contributed by atoms with E-state index in [9.17, 15) is 4.79 Å². The average Bonchev–Trinajstić information content (AvgIpc) is 3.21. The van der Waals surface area contributed by atoms with Gasteiger partial charge in [0.1, 0.15) is 6.04 Å². The molecule has 3 aromatic rings. The van der Waals surface area contributed by atoms with Gasteiger partial charge in [-0.15, -0.1) is 0 Å². The van der Waals surface area contributed by atoms with Crippen LogP contribution in [-0.4, -0.2) is 32.6 Å². The van der Waals surface area contributed by atoms with Crippen LogP contribution < -0.4 is 5.32 Å². The molecule has 150 valence electrons. The number of amides is 2. The van der Waals surface area contributed by atoms with Crippen LogP contribution >= 0.6 is 0 Å². The molecular weight excluding hydrogens is 366 g/mol. The van der Waals surface area contributed by atoms with Crippen molar-refractivity contribution in [1.29, 1.82) is 0 Å². The van der Waals surface area contributed by atoms with Gasteiger partial charge in [-0.1, -0.05) is 41.9 Å². The van der Waals surface area contributed by atoms with Crippen molar-refractivity contribution in [2.75, 3.05) is 6.54 Å². The first-order chi connectivity index (χ1) is 14.2. The Morgan fingerprint density at radius 3 is 2.76 bits per heavy atom. The zero-order valence-electron chi connectivity index (χ0n) is 16.5. The van der Waals surface area contributed by atoms with Gasteiger partial charge < -0.3 is 14.7 Å². The third kappa shape index (κ3) is 4.80. The van der Waals surface area contributed by atoms with E-state index in [0.29, 0.717) is 24.2 Å². The lowest BCUT2D eigenvalue weighted by molar-refractivity contribution is 0.160. The lowest BCUT2D eigenvalue weighted by Gasteiger charge is -2.33. The number of aromatic nitrogens is 3. The molecule has 2 amide bonds. The van der Waals surface area contributed by atoms with Crippen LogP contribution in [0.3, 0.4) is 0 Å². The number of nitrogens with one attached hydrogen (secondary N) is 1. The smallest absolute Gasteiger partial charge is 0.318 e. The van der Waals surface area contributed by atoms with Crippen LogP contribution in [0.15, 0.2) is 59.4 Å². The Kier molecular flexibility index (Phi) is 5.84. The zero-order chi connectivity index (χ0) is 20.1. The summed E-state index contributed by atoms with van der Waals surface area (Å²) in [5.74, 6) is 1.42. The summed E-state index contributed by atoms with van der Waals surface area (Å²) in [5.41, 5.74) is 1.89. The third-order valence-electron chi connectivity index (χ3n) is 5.28. The van der Waals surface area contributed by atoms with E-state index in [-0.39, 0.29) is 12.1 Å². The van der Waals surface area contributed by atoms with Crippen molar-refractivity contribution in [2.45, 2.75) is 38.8 Å². The predicted molar refractivity (Wildman–Crippen MR) is 109 cm³/mol. The second kappa shape index (κ2) is 8.86. The molecule has 1 fully saturated rings. The SMILES string of the molecule is C[C@H](NC(=O)N(Cc1ccccc1)CC1CCC1)c1nc(-c2cccnc2)no1. The van der Waals surface area contributed by atoms with Crippen LogP contribution in [0.1, 0.15) is 43.7 Å². The molecule has 1 atom stereocenters. The van der Waals surface area contributed by atoms with Gasteiger partial charge in [0.15, 0.2) is 0 Å². The molecule has 7 heteroatoms. The van der Waals surface area contributed by atoms with Gasteiger partial charge >= 0.3 is 6.03 Å². The first kappa shape index (κ1) is 19.1. The highest BCUT2D eigenvalue weighted by molar-refractivity contribution is 5.74. The van der Waals surface area contributed by atoms with Crippen LogP contribution in [0.4, 0.5) is 4.79 Å². The molecule has 4 rings (SSSR count). The van der Waals surface area contributed by atoms with Crippen molar-refractivity contribution in [1.82, 2.24) is 25.3 Å². The number of rotatable bonds is 7. The number of nitrogens with zero attached hydrogens (tertiary/aromatic N) is 4. The number of carbonyl (C=O) groups excluding carboxylic acids is 1. The van der Waals surface area contributed by atoms with Crippen LogP contribution in [0.25, 0.3) is 11.4 Å². The van der Waals surface area contributed by atoms with Gasteiger partial charge in [-0.2, -0.15) is 4.98 Å². The van der Waals surface area contributed by atoms with E-state index in [4.69, 9.17) is 4.52 Å². The van der Waals surface area contributed by atoms with E-state index in [1.165, 1.54) is 19.3 Å². The Bertz CT molecular complexity index is 925.